The Hall–Kier alpha value is -0.720. The highest BCUT2D eigenvalue weighted by molar-refractivity contribution is 9.10. The zero-order chi connectivity index (χ0) is 15.9. The molecule has 0 bridgehead atoms. The quantitative estimate of drug-likeness (QED) is 0.782. The number of nitrogens with zero attached hydrogens (tertiary/aromatic N) is 1. The van der Waals surface area contributed by atoms with Crippen LogP contribution in [-0.4, -0.2) is 47.5 Å². The number of amides is 1. The Balaban J connectivity index is 1.71. The Kier molecular flexibility index (Phi) is 7.05. The maximum atomic E-state index is 12.2. The average Bonchev–Trinajstić information content (AvgIpc) is 2.97. The molecule has 1 amide bonds. The van der Waals surface area contributed by atoms with Crippen molar-refractivity contribution in [1.29, 1.82) is 0 Å². The van der Waals surface area contributed by atoms with Crippen molar-refractivity contribution in [2.75, 3.05) is 32.4 Å². The topological polar surface area (TPSA) is 49.4 Å². The number of hydrogen-bond acceptors (Lipinski definition) is 3. The summed E-state index contributed by atoms with van der Waals surface area (Å²) in [5.74, 6) is 1.32. The Morgan fingerprint density at radius 1 is 1.41 bits per heavy atom. The van der Waals surface area contributed by atoms with Gasteiger partial charge in [-0.05, 0) is 56.6 Å². The summed E-state index contributed by atoms with van der Waals surface area (Å²) in [6.45, 7) is 2.69. The minimum Gasteiger partial charge on any atom is -0.342 e. The third-order valence-electron chi connectivity index (χ3n) is 3.93. The lowest BCUT2D eigenvalue weighted by Gasteiger charge is -2.16. The van der Waals surface area contributed by atoms with Gasteiger partial charge in [0, 0.05) is 34.6 Å². The molecule has 1 N–H and O–H groups in total. The Bertz CT molecular complexity index is 521. The number of carbonyl (C=O) groups excluding carboxylic acids is 1. The fourth-order valence-corrected chi connectivity index (χ4v) is 4.08. The number of rotatable bonds is 7. The molecule has 122 valence electrons. The third-order valence-corrected chi connectivity index (χ3v) is 5.91. The molecule has 1 aliphatic rings. The van der Waals surface area contributed by atoms with Crippen LogP contribution < -0.4 is 5.32 Å². The summed E-state index contributed by atoms with van der Waals surface area (Å²) in [4.78, 5) is 14.9. The van der Waals surface area contributed by atoms with Crippen molar-refractivity contribution in [1.82, 2.24) is 10.2 Å². The van der Waals surface area contributed by atoms with Crippen molar-refractivity contribution in [3.8, 4) is 0 Å². The first-order valence-corrected chi connectivity index (χ1v) is 9.77. The summed E-state index contributed by atoms with van der Waals surface area (Å²) in [6.07, 6.45) is 2.25. The smallest absolute Gasteiger partial charge is 0.222 e. The average molecular weight is 387 g/mol. The molecular formula is C16H23BrN2O2S. The molecule has 1 aromatic rings. The van der Waals surface area contributed by atoms with Gasteiger partial charge < -0.3 is 10.2 Å². The monoisotopic (exact) mass is 386 g/mol. The van der Waals surface area contributed by atoms with Gasteiger partial charge in [-0.1, -0.05) is 15.9 Å². The van der Waals surface area contributed by atoms with Crippen LogP contribution in [0.5, 0.6) is 0 Å². The number of nitrogens with one attached hydrogen (secondary N) is 1. The first-order chi connectivity index (χ1) is 10.6. The van der Waals surface area contributed by atoms with Gasteiger partial charge in [-0.2, -0.15) is 0 Å². The minimum absolute atomic E-state index is 0.200. The summed E-state index contributed by atoms with van der Waals surface area (Å²) in [7, 11) is 0.925. The van der Waals surface area contributed by atoms with Crippen LogP contribution in [0.1, 0.15) is 19.3 Å². The molecule has 0 aromatic heterocycles. The molecule has 22 heavy (non-hydrogen) atoms. The molecule has 1 heterocycles. The van der Waals surface area contributed by atoms with Crippen LogP contribution in [0.2, 0.25) is 0 Å². The van der Waals surface area contributed by atoms with Crippen molar-refractivity contribution in [2.24, 2.45) is 5.92 Å². The number of likely N-dealkylation sites (tertiary alicyclic amines) is 1. The fraction of sp³-hybridized carbons (Fsp3) is 0.562. The van der Waals surface area contributed by atoms with Crippen LogP contribution in [0.3, 0.4) is 0 Å². The highest BCUT2D eigenvalue weighted by atomic mass is 79.9. The van der Waals surface area contributed by atoms with Crippen LogP contribution in [0, 0.1) is 5.92 Å². The van der Waals surface area contributed by atoms with E-state index in [-0.39, 0.29) is 5.91 Å². The van der Waals surface area contributed by atoms with Crippen molar-refractivity contribution in [3.63, 3.8) is 0 Å². The standard InChI is InChI=1S/C16H23BrN2O2S/c1-18-11-13-8-9-19(12-13)16(20)3-2-10-22(21)15-6-4-14(17)5-7-15/h4-7,13,18H,2-3,8-12H2,1H3. The maximum absolute atomic E-state index is 12.2. The lowest BCUT2D eigenvalue weighted by molar-refractivity contribution is -0.130. The van der Waals surface area contributed by atoms with Crippen molar-refractivity contribution >= 4 is 32.6 Å². The molecular weight excluding hydrogens is 364 g/mol. The van der Waals surface area contributed by atoms with Gasteiger partial charge in [0.2, 0.25) is 5.91 Å². The molecule has 2 atom stereocenters. The van der Waals surface area contributed by atoms with E-state index in [0.717, 1.165) is 35.4 Å². The molecule has 1 saturated heterocycles. The zero-order valence-corrected chi connectivity index (χ0v) is 15.3. The van der Waals surface area contributed by atoms with E-state index >= 15 is 0 Å². The van der Waals surface area contributed by atoms with E-state index in [1.165, 1.54) is 0 Å². The van der Waals surface area contributed by atoms with Gasteiger partial charge in [0.05, 0.1) is 10.8 Å². The molecule has 0 spiro atoms. The molecule has 2 rings (SSSR count). The Labute approximate surface area is 143 Å². The first-order valence-electron chi connectivity index (χ1n) is 7.66. The van der Waals surface area contributed by atoms with Crippen LogP contribution >= 0.6 is 15.9 Å². The molecule has 1 aromatic carbocycles. The molecule has 1 fully saturated rings. The lowest BCUT2D eigenvalue weighted by Crippen LogP contribution is -2.30. The van der Waals surface area contributed by atoms with Gasteiger partial charge in [-0.3, -0.25) is 9.00 Å². The molecule has 6 heteroatoms. The van der Waals surface area contributed by atoms with Crippen LogP contribution in [0.4, 0.5) is 0 Å². The second-order valence-corrected chi connectivity index (χ2v) is 8.15. The van der Waals surface area contributed by atoms with E-state index < -0.39 is 10.8 Å². The van der Waals surface area contributed by atoms with Gasteiger partial charge in [0.1, 0.15) is 0 Å². The second kappa shape index (κ2) is 8.79. The number of carbonyl (C=O) groups is 1. The third kappa shape index (κ3) is 5.18. The highest BCUT2D eigenvalue weighted by Gasteiger charge is 2.25. The van der Waals surface area contributed by atoms with E-state index in [1.807, 2.05) is 36.2 Å². The minimum atomic E-state index is -1.02. The van der Waals surface area contributed by atoms with E-state index in [2.05, 4.69) is 21.2 Å². The zero-order valence-electron chi connectivity index (χ0n) is 12.9. The van der Waals surface area contributed by atoms with E-state index in [9.17, 15) is 9.00 Å². The Morgan fingerprint density at radius 2 is 2.14 bits per heavy atom. The summed E-state index contributed by atoms with van der Waals surface area (Å²) in [5.41, 5.74) is 0. The first kappa shape index (κ1) is 17.6. The number of halogens is 1. The number of benzene rings is 1. The second-order valence-electron chi connectivity index (χ2n) is 5.66. The fourth-order valence-electron chi connectivity index (χ4n) is 2.73. The predicted molar refractivity (Wildman–Crippen MR) is 93.3 cm³/mol. The van der Waals surface area contributed by atoms with Crippen LogP contribution in [0.25, 0.3) is 0 Å². The lowest BCUT2D eigenvalue weighted by atomic mass is 10.1. The summed E-state index contributed by atoms with van der Waals surface area (Å²) in [5, 5.41) is 3.17. The van der Waals surface area contributed by atoms with Gasteiger partial charge in [-0.25, -0.2) is 0 Å². The molecule has 4 nitrogen and oxygen atoms in total. The molecule has 2 unspecified atom stereocenters. The van der Waals surface area contributed by atoms with Gasteiger partial charge >= 0.3 is 0 Å². The van der Waals surface area contributed by atoms with Gasteiger partial charge in [0.15, 0.2) is 0 Å². The maximum Gasteiger partial charge on any atom is 0.222 e. The molecule has 0 radical (unpaired) electrons. The van der Waals surface area contributed by atoms with E-state index in [1.54, 1.807) is 0 Å². The van der Waals surface area contributed by atoms with Crippen molar-refractivity contribution in [3.05, 3.63) is 28.7 Å². The summed E-state index contributed by atoms with van der Waals surface area (Å²) in [6, 6.07) is 7.52. The Morgan fingerprint density at radius 3 is 2.82 bits per heavy atom. The molecule has 0 aliphatic carbocycles. The predicted octanol–water partition coefficient (Wildman–Crippen LogP) is 2.40. The normalized spacial score (nSPS) is 19.4. The summed E-state index contributed by atoms with van der Waals surface area (Å²) < 4.78 is 13.1. The molecule has 1 aliphatic heterocycles. The molecule has 0 saturated carbocycles. The van der Waals surface area contributed by atoms with E-state index in [4.69, 9.17) is 0 Å². The van der Waals surface area contributed by atoms with Crippen LogP contribution in [-0.2, 0) is 15.6 Å². The van der Waals surface area contributed by atoms with Crippen molar-refractivity contribution in [2.45, 2.75) is 24.2 Å². The largest absolute Gasteiger partial charge is 0.342 e. The van der Waals surface area contributed by atoms with Gasteiger partial charge in [-0.15, -0.1) is 0 Å². The van der Waals surface area contributed by atoms with Gasteiger partial charge in [0.25, 0.3) is 0 Å². The van der Waals surface area contributed by atoms with E-state index in [0.29, 0.717) is 24.5 Å². The van der Waals surface area contributed by atoms with Crippen LogP contribution in [0.15, 0.2) is 33.6 Å². The highest BCUT2D eigenvalue weighted by Crippen LogP contribution is 2.18. The summed E-state index contributed by atoms with van der Waals surface area (Å²) >= 11 is 3.37. The SMILES string of the molecule is CNCC1CCN(C(=O)CCCS(=O)c2ccc(Br)cc2)C1. The number of hydrogen-bond donors (Lipinski definition) is 1. The van der Waals surface area contributed by atoms with Crippen molar-refractivity contribution < 1.29 is 9.00 Å².